The Bertz CT molecular complexity index is 1610. The molecule has 1 heterocycles. The number of carbonyl (C=O) groups is 2. The van der Waals surface area contributed by atoms with E-state index in [1.807, 2.05) is 84.0 Å². The molecule has 0 bridgehead atoms. The van der Waals surface area contributed by atoms with Crippen LogP contribution in [0.1, 0.15) is 85.6 Å². The lowest BCUT2D eigenvalue weighted by atomic mass is 9.67. The fourth-order valence-electron chi connectivity index (χ4n) is 5.77. The molecule has 0 aliphatic carbocycles. The number of ether oxygens (including phenoxy) is 1. The third kappa shape index (κ3) is 5.06. The Kier molecular flexibility index (Phi) is 7.22. The van der Waals surface area contributed by atoms with Crippen LogP contribution in [0.4, 0.5) is 4.39 Å². The molecule has 0 saturated carbocycles. The van der Waals surface area contributed by atoms with Crippen molar-refractivity contribution < 1.29 is 23.8 Å². The third-order valence-electron chi connectivity index (χ3n) is 7.92. The average molecular weight is 566 g/mol. The summed E-state index contributed by atoms with van der Waals surface area (Å²) < 4.78 is 19.7. The standard InChI is InChI=1S/C36H36FNO4/c1-34(2,3)27-20-23(21-28(31(27)39)35(4,5)6)30-26-14-10-11-15-29(26)42-33(41)36(30,24-12-8-7-9-13-24)38-32(40)22-16-18-25(37)19-17-22/h7-21,30,39H,1-6H3,(H,38,40)/t30-,36+/m1/s1. The van der Waals surface area contributed by atoms with Crippen LogP contribution in [0.5, 0.6) is 11.5 Å². The largest absolute Gasteiger partial charge is 0.507 e. The highest BCUT2D eigenvalue weighted by Gasteiger charge is 2.55. The van der Waals surface area contributed by atoms with Crippen LogP contribution in [-0.4, -0.2) is 17.0 Å². The minimum Gasteiger partial charge on any atom is -0.507 e. The highest BCUT2D eigenvalue weighted by molar-refractivity contribution is 6.00. The Morgan fingerprint density at radius 3 is 1.95 bits per heavy atom. The minimum absolute atomic E-state index is 0.202. The van der Waals surface area contributed by atoms with Gasteiger partial charge in [-0.3, -0.25) is 4.79 Å². The molecule has 4 aromatic carbocycles. The fraction of sp³-hybridized carbons (Fsp3) is 0.278. The highest BCUT2D eigenvalue weighted by atomic mass is 19.1. The number of rotatable bonds is 4. The molecular formula is C36H36FNO4. The lowest BCUT2D eigenvalue weighted by molar-refractivity contribution is -0.144. The summed E-state index contributed by atoms with van der Waals surface area (Å²) in [6.45, 7) is 12.2. The molecule has 2 atom stereocenters. The van der Waals surface area contributed by atoms with Gasteiger partial charge in [0.15, 0.2) is 5.54 Å². The number of phenols is 1. The summed E-state index contributed by atoms with van der Waals surface area (Å²) in [5, 5.41) is 14.6. The van der Waals surface area contributed by atoms with Gasteiger partial charge >= 0.3 is 5.97 Å². The Morgan fingerprint density at radius 2 is 1.38 bits per heavy atom. The molecule has 5 rings (SSSR count). The zero-order chi connectivity index (χ0) is 30.4. The third-order valence-corrected chi connectivity index (χ3v) is 7.92. The number of hydrogen-bond donors (Lipinski definition) is 2. The SMILES string of the molecule is CC(C)(C)c1cc([C@@H]2c3ccccc3OC(=O)[C@]2(NC(=O)c2ccc(F)cc2)c2ccccc2)cc(C(C)(C)C)c1O. The van der Waals surface area contributed by atoms with Crippen LogP contribution in [-0.2, 0) is 21.2 Å². The summed E-state index contributed by atoms with van der Waals surface area (Å²) in [5.41, 5.74) is 1.11. The van der Waals surface area contributed by atoms with Gasteiger partial charge in [-0.25, -0.2) is 9.18 Å². The lowest BCUT2D eigenvalue weighted by Gasteiger charge is -2.44. The molecule has 0 aromatic heterocycles. The molecule has 0 unspecified atom stereocenters. The Hall–Kier alpha value is -4.45. The van der Waals surface area contributed by atoms with Crippen LogP contribution in [0, 0.1) is 5.82 Å². The number of halogens is 1. The second-order valence-corrected chi connectivity index (χ2v) is 13.0. The number of benzene rings is 4. The van der Waals surface area contributed by atoms with Crippen molar-refractivity contribution in [3.05, 3.63) is 130 Å². The number of carbonyl (C=O) groups excluding carboxylic acids is 2. The summed E-state index contributed by atoms with van der Waals surface area (Å²) in [7, 11) is 0. The van der Waals surface area contributed by atoms with E-state index in [9.17, 15) is 19.1 Å². The first-order chi connectivity index (χ1) is 19.7. The van der Waals surface area contributed by atoms with E-state index in [4.69, 9.17) is 4.74 Å². The number of nitrogens with one attached hydrogen (secondary N) is 1. The number of para-hydroxylation sites is 1. The van der Waals surface area contributed by atoms with Crippen LogP contribution in [0.15, 0.2) is 91.0 Å². The van der Waals surface area contributed by atoms with Gasteiger partial charge in [0, 0.05) is 11.1 Å². The van der Waals surface area contributed by atoms with Crippen molar-refractivity contribution in [1.29, 1.82) is 0 Å². The van der Waals surface area contributed by atoms with E-state index >= 15 is 0 Å². The van der Waals surface area contributed by atoms with Crippen LogP contribution in [0.2, 0.25) is 0 Å². The summed E-state index contributed by atoms with van der Waals surface area (Å²) in [4.78, 5) is 28.2. The average Bonchev–Trinajstić information content (AvgIpc) is 2.93. The number of amides is 1. The molecule has 0 fully saturated rings. The molecule has 0 radical (unpaired) electrons. The van der Waals surface area contributed by atoms with Gasteiger partial charge in [0.25, 0.3) is 5.91 Å². The van der Waals surface area contributed by atoms with E-state index in [1.54, 1.807) is 24.3 Å². The number of aromatic hydroxyl groups is 1. The number of hydrogen-bond acceptors (Lipinski definition) is 4. The van der Waals surface area contributed by atoms with Crippen molar-refractivity contribution in [3.63, 3.8) is 0 Å². The molecule has 5 nitrogen and oxygen atoms in total. The van der Waals surface area contributed by atoms with Crippen LogP contribution in [0.3, 0.4) is 0 Å². The summed E-state index contributed by atoms with van der Waals surface area (Å²) >= 11 is 0. The normalized spacial score (nSPS) is 18.6. The minimum atomic E-state index is -1.69. The van der Waals surface area contributed by atoms with E-state index in [1.165, 1.54) is 24.3 Å². The summed E-state index contributed by atoms with van der Waals surface area (Å²) in [5.74, 6) is -1.78. The number of esters is 1. The van der Waals surface area contributed by atoms with Gasteiger partial charge in [-0.2, -0.15) is 0 Å². The maximum Gasteiger partial charge on any atom is 0.343 e. The molecule has 42 heavy (non-hydrogen) atoms. The number of fused-ring (bicyclic) bond motifs is 1. The van der Waals surface area contributed by atoms with Gasteiger partial charge in [0.1, 0.15) is 17.3 Å². The fourth-order valence-corrected chi connectivity index (χ4v) is 5.77. The van der Waals surface area contributed by atoms with E-state index in [0.717, 1.165) is 16.7 Å². The second-order valence-electron chi connectivity index (χ2n) is 13.0. The molecule has 1 aliphatic heterocycles. The Morgan fingerprint density at radius 1 is 0.833 bits per heavy atom. The van der Waals surface area contributed by atoms with Gasteiger partial charge < -0.3 is 15.2 Å². The van der Waals surface area contributed by atoms with E-state index in [-0.39, 0.29) is 11.3 Å². The molecule has 0 spiro atoms. The predicted octanol–water partition coefficient (Wildman–Crippen LogP) is 7.50. The smallest absolute Gasteiger partial charge is 0.343 e. The zero-order valence-electron chi connectivity index (χ0n) is 24.8. The molecular weight excluding hydrogens is 529 g/mol. The van der Waals surface area contributed by atoms with E-state index < -0.39 is 40.0 Å². The maximum atomic E-state index is 14.4. The Labute approximate surface area is 246 Å². The summed E-state index contributed by atoms with van der Waals surface area (Å²) in [6.07, 6.45) is 0. The van der Waals surface area contributed by atoms with Crippen molar-refractivity contribution in [2.24, 2.45) is 0 Å². The second kappa shape index (κ2) is 10.4. The molecule has 1 amide bonds. The summed E-state index contributed by atoms with van der Waals surface area (Å²) in [6, 6.07) is 25.4. The van der Waals surface area contributed by atoms with Crippen molar-refractivity contribution >= 4 is 11.9 Å². The maximum absolute atomic E-state index is 14.4. The first-order valence-corrected chi connectivity index (χ1v) is 14.1. The highest BCUT2D eigenvalue weighted by Crippen LogP contribution is 2.52. The van der Waals surface area contributed by atoms with Gasteiger partial charge in [-0.15, -0.1) is 0 Å². The van der Waals surface area contributed by atoms with Crippen LogP contribution < -0.4 is 10.1 Å². The van der Waals surface area contributed by atoms with E-state index in [2.05, 4.69) is 5.32 Å². The van der Waals surface area contributed by atoms with Gasteiger partial charge in [-0.05, 0) is 63.4 Å². The van der Waals surface area contributed by atoms with Crippen molar-refractivity contribution in [1.82, 2.24) is 5.32 Å². The molecule has 216 valence electrons. The van der Waals surface area contributed by atoms with Crippen LogP contribution in [0.25, 0.3) is 0 Å². The molecule has 6 heteroatoms. The topological polar surface area (TPSA) is 75.6 Å². The molecule has 1 aliphatic rings. The van der Waals surface area contributed by atoms with Gasteiger partial charge in [-0.1, -0.05) is 102 Å². The Balaban J connectivity index is 1.86. The monoisotopic (exact) mass is 565 g/mol. The van der Waals surface area contributed by atoms with Crippen LogP contribution >= 0.6 is 0 Å². The van der Waals surface area contributed by atoms with Crippen molar-refractivity contribution in [3.8, 4) is 11.5 Å². The van der Waals surface area contributed by atoms with Gasteiger partial charge in [0.05, 0.1) is 5.92 Å². The zero-order valence-corrected chi connectivity index (χ0v) is 24.8. The first kappa shape index (κ1) is 29.1. The predicted molar refractivity (Wildman–Crippen MR) is 161 cm³/mol. The quantitative estimate of drug-likeness (QED) is 0.198. The van der Waals surface area contributed by atoms with Gasteiger partial charge in [0.2, 0.25) is 0 Å². The van der Waals surface area contributed by atoms with E-state index in [0.29, 0.717) is 16.9 Å². The molecule has 4 aromatic rings. The number of phenolic OH excluding ortho intramolecular Hbond substituents is 1. The first-order valence-electron chi connectivity index (χ1n) is 14.1. The van der Waals surface area contributed by atoms with Crippen molar-refractivity contribution in [2.45, 2.75) is 63.8 Å². The lowest BCUT2D eigenvalue weighted by Crippen LogP contribution is -2.59. The molecule has 2 N–H and O–H groups in total. The molecule has 0 saturated heterocycles. The van der Waals surface area contributed by atoms with Crippen molar-refractivity contribution in [2.75, 3.05) is 0 Å².